The first-order valence-electron chi connectivity index (χ1n) is 3.85. The van der Waals surface area contributed by atoms with E-state index in [1.165, 1.54) is 19.4 Å². The van der Waals surface area contributed by atoms with Gasteiger partial charge >= 0.3 is 0 Å². The van der Waals surface area contributed by atoms with Gasteiger partial charge < -0.3 is 4.98 Å². The summed E-state index contributed by atoms with van der Waals surface area (Å²) in [7, 11) is 0. The topological polar surface area (TPSA) is 62.8 Å². The molecule has 1 heterocycles. The lowest BCUT2D eigenvalue weighted by Gasteiger charge is -1.86. The second kappa shape index (κ2) is 5.25. The number of H-pyrrole nitrogens is 1. The average molecular weight is 208 g/mol. The number of carbonyl (C=O) groups is 1. The Morgan fingerprint density at radius 1 is 1.71 bits per heavy atom. The van der Waals surface area contributed by atoms with Crippen molar-refractivity contribution in [2.75, 3.05) is 5.75 Å². The molecular formula is C9H8N2O2S. The van der Waals surface area contributed by atoms with Gasteiger partial charge in [0.1, 0.15) is 5.56 Å². The Bertz CT molecular complexity index is 442. The summed E-state index contributed by atoms with van der Waals surface area (Å²) in [5.74, 6) is 5.74. The van der Waals surface area contributed by atoms with Gasteiger partial charge in [0.25, 0.3) is 5.56 Å². The van der Waals surface area contributed by atoms with E-state index in [1.54, 1.807) is 0 Å². The number of aromatic nitrogens is 2. The van der Waals surface area contributed by atoms with E-state index in [9.17, 15) is 9.59 Å². The Kier molecular flexibility index (Phi) is 3.95. The fourth-order valence-corrected chi connectivity index (χ4v) is 1.05. The van der Waals surface area contributed by atoms with E-state index in [0.29, 0.717) is 11.3 Å². The van der Waals surface area contributed by atoms with Crippen LogP contribution in [-0.2, 0) is 4.79 Å². The molecule has 1 aromatic rings. The monoisotopic (exact) mass is 208 g/mol. The molecule has 5 heteroatoms. The van der Waals surface area contributed by atoms with Crippen molar-refractivity contribution < 1.29 is 4.79 Å². The van der Waals surface area contributed by atoms with Crippen LogP contribution in [0.3, 0.4) is 0 Å². The van der Waals surface area contributed by atoms with Gasteiger partial charge in [0.15, 0.2) is 5.12 Å². The van der Waals surface area contributed by atoms with E-state index >= 15 is 0 Å². The molecule has 0 aliphatic heterocycles. The predicted molar refractivity (Wildman–Crippen MR) is 54.9 cm³/mol. The molecule has 0 saturated heterocycles. The fourth-order valence-electron chi connectivity index (χ4n) is 0.702. The van der Waals surface area contributed by atoms with E-state index in [0.717, 1.165) is 11.8 Å². The molecule has 0 spiro atoms. The highest BCUT2D eigenvalue weighted by Gasteiger charge is 1.92. The summed E-state index contributed by atoms with van der Waals surface area (Å²) in [6, 6.07) is 0. The number of rotatable bonds is 1. The number of thioether (sulfide) groups is 1. The maximum absolute atomic E-state index is 11.1. The van der Waals surface area contributed by atoms with Crippen LogP contribution in [0.15, 0.2) is 17.3 Å². The summed E-state index contributed by atoms with van der Waals surface area (Å²) in [6.45, 7) is 1.48. The first kappa shape index (κ1) is 10.5. The molecule has 0 saturated carbocycles. The molecule has 1 aromatic heterocycles. The molecule has 0 atom stereocenters. The lowest BCUT2D eigenvalue weighted by molar-refractivity contribution is -0.109. The van der Waals surface area contributed by atoms with E-state index in [-0.39, 0.29) is 10.7 Å². The third-order valence-electron chi connectivity index (χ3n) is 1.29. The van der Waals surface area contributed by atoms with Crippen molar-refractivity contribution in [3.05, 3.63) is 28.4 Å². The Balaban J connectivity index is 2.64. The number of nitrogens with one attached hydrogen (secondary N) is 1. The van der Waals surface area contributed by atoms with Gasteiger partial charge in [-0.25, -0.2) is 4.98 Å². The summed E-state index contributed by atoms with van der Waals surface area (Å²) < 4.78 is 0. The van der Waals surface area contributed by atoms with Crippen molar-refractivity contribution >= 4 is 16.9 Å². The van der Waals surface area contributed by atoms with E-state index < -0.39 is 0 Å². The van der Waals surface area contributed by atoms with Gasteiger partial charge in [-0.3, -0.25) is 9.59 Å². The third-order valence-corrected chi connectivity index (χ3v) is 1.98. The van der Waals surface area contributed by atoms with Crippen LogP contribution in [-0.4, -0.2) is 20.8 Å². The van der Waals surface area contributed by atoms with Crippen molar-refractivity contribution in [2.45, 2.75) is 6.92 Å². The summed E-state index contributed by atoms with van der Waals surface area (Å²) in [4.78, 5) is 27.7. The average Bonchev–Trinajstić information content (AvgIpc) is 2.15. The van der Waals surface area contributed by atoms with Crippen molar-refractivity contribution in [3.8, 4) is 11.8 Å². The van der Waals surface area contributed by atoms with Crippen LogP contribution in [0.25, 0.3) is 0 Å². The maximum atomic E-state index is 11.1. The van der Waals surface area contributed by atoms with Crippen LogP contribution in [0.2, 0.25) is 0 Å². The second-order valence-corrected chi connectivity index (χ2v) is 3.53. The van der Waals surface area contributed by atoms with Crippen LogP contribution in [0.1, 0.15) is 12.5 Å². The van der Waals surface area contributed by atoms with Crippen LogP contribution in [0.5, 0.6) is 0 Å². The van der Waals surface area contributed by atoms with Crippen LogP contribution >= 0.6 is 11.8 Å². The second-order valence-electron chi connectivity index (χ2n) is 2.38. The number of hydrogen-bond acceptors (Lipinski definition) is 4. The van der Waals surface area contributed by atoms with Gasteiger partial charge in [-0.2, -0.15) is 0 Å². The summed E-state index contributed by atoms with van der Waals surface area (Å²) in [6.07, 6.45) is 2.70. The molecule has 0 aliphatic rings. The Morgan fingerprint density at radius 2 is 2.50 bits per heavy atom. The lowest BCUT2D eigenvalue weighted by atomic mass is 10.3. The largest absolute Gasteiger partial charge is 0.312 e. The Hall–Kier alpha value is -1.54. The molecular weight excluding hydrogens is 200 g/mol. The standard InChI is InChI=1S/C9H8N2O2S/c1-7(12)14-4-2-3-8-5-10-6-11-9(8)13/h5-6H,4H2,1H3,(H,10,11,13). The normalized spacial score (nSPS) is 8.93. The molecule has 72 valence electrons. The number of aromatic amines is 1. The molecule has 4 nitrogen and oxygen atoms in total. The quantitative estimate of drug-likeness (QED) is 0.679. The molecule has 0 unspecified atom stereocenters. The molecule has 0 aromatic carbocycles. The first-order chi connectivity index (χ1) is 6.70. The summed E-state index contributed by atoms with van der Waals surface area (Å²) in [5.41, 5.74) is 0.0528. The Morgan fingerprint density at radius 3 is 3.14 bits per heavy atom. The lowest BCUT2D eigenvalue weighted by Crippen LogP contribution is -2.09. The Labute approximate surface area is 85.1 Å². The van der Waals surface area contributed by atoms with Gasteiger partial charge in [-0.15, -0.1) is 0 Å². The molecule has 0 amide bonds. The molecule has 0 fully saturated rings. The van der Waals surface area contributed by atoms with Crippen molar-refractivity contribution in [1.82, 2.24) is 9.97 Å². The fraction of sp³-hybridized carbons (Fsp3) is 0.222. The summed E-state index contributed by atoms with van der Waals surface area (Å²) in [5, 5.41) is 0.0133. The molecule has 0 aliphatic carbocycles. The van der Waals surface area contributed by atoms with Gasteiger partial charge in [0, 0.05) is 13.1 Å². The zero-order valence-corrected chi connectivity index (χ0v) is 8.35. The highest BCUT2D eigenvalue weighted by Crippen LogP contribution is 1.98. The summed E-state index contributed by atoms with van der Waals surface area (Å²) >= 11 is 1.11. The number of hydrogen-bond donors (Lipinski definition) is 1. The zero-order chi connectivity index (χ0) is 10.4. The molecule has 1 rings (SSSR count). The van der Waals surface area contributed by atoms with Gasteiger partial charge in [-0.05, 0) is 0 Å². The molecule has 0 bridgehead atoms. The number of carbonyl (C=O) groups excluding carboxylic acids is 1. The maximum Gasteiger partial charge on any atom is 0.266 e. The minimum Gasteiger partial charge on any atom is -0.312 e. The van der Waals surface area contributed by atoms with Gasteiger partial charge in [0.05, 0.1) is 12.1 Å². The van der Waals surface area contributed by atoms with Crippen LogP contribution < -0.4 is 5.56 Å². The van der Waals surface area contributed by atoms with Crippen LogP contribution in [0, 0.1) is 11.8 Å². The minimum absolute atomic E-state index is 0.0133. The van der Waals surface area contributed by atoms with Gasteiger partial charge in [-0.1, -0.05) is 23.6 Å². The minimum atomic E-state index is -0.264. The predicted octanol–water partition coefficient (Wildman–Crippen LogP) is 0.401. The van der Waals surface area contributed by atoms with Crippen molar-refractivity contribution in [3.63, 3.8) is 0 Å². The first-order valence-corrected chi connectivity index (χ1v) is 4.83. The highest BCUT2D eigenvalue weighted by atomic mass is 32.2. The van der Waals surface area contributed by atoms with Crippen molar-refractivity contribution in [1.29, 1.82) is 0 Å². The van der Waals surface area contributed by atoms with E-state index in [4.69, 9.17) is 0 Å². The van der Waals surface area contributed by atoms with Crippen LogP contribution in [0.4, 0.5) is 0 Å². The molecule has 0 radical (unpaired) electrons. The zero-order valence-electron chi connectivity index (χ0n) is 7.53. The molecule has 1 N–H and O–H groups in total. The smallest absolute Gasteiger partial charge is 0.266 e. The number of nitrogens with zero attached hydrogens (tertiary/aromatic N) is 1. The molecule has 14 heavy (non-hydrogen) atoms. The SMILES string of the molecule is CC(=O)SCC#Cc1cnc[nH]c1=O. The van der Waals surface area contributed by atoms with Crippen molar-refractivity contribution in [2.24, 2.45) is 0 Å². The third kappa shape index (κ3) is 3.46. The highest BCUT2D eigenvalue weighted by molar-refractivity contribution is 8.13. The van der Waals surface area contributed by atoms with E-state index in [2.05, 4.69) is 21.8 Å². The van der Waals surface area contributed by atoms with E-state index in [1.807, 2.05) is 0 Å². The van der Waals surface area contributed by atoms with Gasteiger partial charge in [0.2, 0.25) is 0 Å².